The fraction of sp³-hybridized carbons (Fsp3) is 0.100. The Morgan fingerprint density at radius 1 is 0.963 bits per heavy atom. The highest BCUT2D eigenvalue weighted by molar-refractivity contribution is 7.91. The number of sulfone groups is 1. The average Bonchev–Trinajstić information content (AvgIpc) is 2.68. The molecule has 2 N–H and O–H groups in total. The van der Waals surface area contributed by atoms with Gasteiger partial charge < -0.3 is 10.6 Å². The highest BCUT2D eigenvalue weighted by atomic mass is 32.2. The Labute approximate surface area is 158 Å². The minimum Gasteiger partial charge on any atom is -0.334 e. The number of urea groups is 1. The number of nitrogens with one attached hydrogen (secondary N) is 2. The molecule has 0 radical (unpaired) electrons. The van der Waals surface area contributed by atoms with E-state index in [9.17, 15) is 13.2 Å². The summed E-state index contributed by atoms with van der Waals surface area (Å²) in [5, 5.41) is 5.41. The number of rotatable bonds is 5. The number of benzene rings is 2. The van der Waals surface area contributed by atoms with E-state index >= 15 is 0 Å². The third-order valence-electron chi connectivity index (χ3n) is 4.01. The maximum atomic E-state index is 12.7. The van der Waals surface area contributed by atoms with Gasteiger partial charge in [0.05, 0.1) is 9.79 Å². The van der Waals surface area contributed by atoms with Crippen molar-refractivity contribution in [3.63, 3.8) is 0 Å². The summed E-state index contributed by atoms with van der Waals surface area (Å²) in [6.45, 7) is 2.13. The number of pyridine rings is 1. The van der Waals surface area contributed by atoms with E-state index in [4.69, 9.17) is 0 Å². The van der Waals surface area contributed by atoms with Crippen LogP contribution in [0.25, 0.3) is 0 Å². The summed E-state index contributed by atoms with van der Waals surface area (Å²) in [6, 6.07) is 16.2. The van der Waals surface area contributed by atoms with Crippen molar-refractivity contribution in [2.45, 2.75) is 23.3 Å². The smallest absolute Gasteiger partial charge is 0.319 e. The molecule has 1 aromatic heterocycles. The topological polar surface area (TPSA) is 88.2 Å². The maximum absolute atomic E-state index is 12.7. The Morgan fingerprint density at radius 2 is 1.63 bits per heavy atom. The average molecular weight is 381 g/mol. The molecule has 0 saturated heterocycles. The first-order valence-electron chi connectivity index (χ1n) is 8.31. The highest BCUT2D eigenvalue weighted by Crippen LogP contribution is 2.24. The third kappa shape index (κ3) is 4.51. The largest absolute Gasteiger partial charge is 0.334 e. The zero-order chi connectivity index (χ0) is 19.3. The summed E-state index contributed by atoms with van der Waals surface area (Å²) < 4.78 is 25.5. The molecule has 0 unspecified atom stereocenters. The fourth-order valence-electron chi connectivity index (χ4n) is 2.56. The first kappa shape index (κ1) is 18.6. The van der Waals surface area contributed by atoms with E-state index < -0.39 is 9.84 Å². The molecule has 0 atom stereocenters. The van der Waals surface area contributed by atoms with Gasteiger partial charge in [-0.3, -0.25) is 4.98 Å². The summed E-state index contributed by atoms with van der Waals surface area (Å²) in [5.74, 6) is 0. The number of carbonyl (C=O) groups excluding carboxylic acids is 1. The lowest BCUT2D eigenvalue weighted by Crippen LogP contribution is -2.28. The molecular formula is C20H19N3O3S. The van der Waals surface area contributed by atoms with Gasteiger partial charge in [0.25, 0.3) is 0 Å². The van der Waals surface area contributed by atoms with Crippen molar-refractivity contribution < 1.29 is 13.2 Å². The van der Waals surface area contributed by atoms with Crippen LogP contribution in [-0.2, 0) is 16.4 Å². The molecule has 138 valence electrons. The van der Waals surface area contributed by atoms with Crippen LogP contribution in [0.2, 0.25) is 0 Å². The minimum atomic E-state index is -3.60. The second-order valence-corrected chi connectivity index (χ2v) is 7.87. The molecule has 0 fully saturated rings. The molecule has 3 rings (SSSR count). The van der Waals surface area contributed by atoms with Gasteiger partial charge in [-0.05, 0) is 60.5 Å². The van der Waals surface area contributed by atoms with Crippen LogP contribution in [0.1, 0.15) is 11.1 Å². The van der Waals surface area contributed by atoms with Crippen molar-refractivity contribution in [1.29, 1.82) is 0 Å². The molecule has 6 nitrogen and oxygen atoms in total. The van der Waals surface area contributed by atoms with Gasteiger partial charge in [-0.2, -0.15) is 0 Å². The van der Waals surface area contributed by atoms with Gasteiger partial charge >= 0.3 is 6.03 Å². The Bertz CT molecular complexity index is 1030. The predicted octanol–water partition coefficient (Wildman–Crippen LogP) is 3.54. The van der Waals surface area contributed by atoms with E-state index in [2.05, 4.69) is 15.6 Å². The number of hydrogen-bond acceptors (Lipinski definition) is 4. The quantitative estimate of drug-likeness (QED) is 0.707. The van der Waals surface area contributed by atoms with Crippen LogP contribution in [0.5, 0.6) is 0 Å². The molecule has 0 aliphatic carbocycles. The highest BCUT2D eigenvalue weighted by Gasteiger charge is 2.19. The fourth-order valence-corrected chi connectivity index (χ4v) is 4.06. The van der Waals surface area contributed by atoms with Gasteiger partial charge in [0.2, 0.25) is 9.84 Å². The minimum absolute atomic E-state index is 0.180. The van der Waals surface area contributed by atoms with Crippen molar-refractivity contribution >= 4 is 21.6 Å². The lowest BCUT2D eigenvalue weighted by molar-refractivity contribution is 0.251. The summed E-state index contributed by atoms with van der Waals surface area (Å²) in [6.07, 6.45) is 3.31. The molecule has 7 heteroatoms. The summed E-state index contributed by atoms with van der Waals surface area (Å²) in [4.78, 5) is 16.4. The molecular weight excluding hydrogens is 362 g/mol. The van der Waals surface area contributed by atoms with E-state index in [-0.39, 0.29) is 15.8 Å². The van der Waals surface area contributed by atoms with Crippen molar-refractivity contribution in [2.75, 3.05) is 5.32 Å². The van der Waals surface area contributed by atoms with Gasteiger partial charge in [0, 0.05) is 24.6 Å². The van der Waals surface area contributed by atoms with E-state index in [0.717, 1.165) is 5.56 Å². The summed E-state index contributed by atoms with van der Waals surface area (Å²) in [5.41, 5.74) is 2.13. The Hall–Kier alpha value is -3.19. The number of aryl methyl sites for hydroxylation is 1. The number of amides is 2. The van der Waals surface area contributed by atoms with E-state index in [1.165, 1.54) is 12.1 Å². The second-order valence-electron chi connectivity index (χ2n) is 5.96. The molecule has 27 heavy (non-hydrogen) atoms. The Balaban J connectivity index is 1.67. The predicted molar refractivity (Wildman–Crippen MR) is 103 cm³/mol. The second kappa shape index (κ2) is 8.01. The summed E-state index contributed by atoms with van der Waals surface area (Å²) >= 11 is 0. The van der Waals surface area contributed by atoms with Crippen LogP contribution in [0, 0.1) is 6.92 Å². The molecule has 0 aliphatic rings. The third-order valence-corrected chi connectivity index (χ3v) is 5.94. The van der Waals surface area contributed by atoms with Crippen molar-refractivity contribution in [3.8, 4) is 0 Å². The van der Waals surface area contributed by atoms with Crippen LogP contribution in [0.3, 0.4) is 0 Å². The van der Waals surface area contributed by atoms with E-state index in [1.54, 1.807) is 55.7 Å². The van der Waals surface area contributed by atoms with Crippen LogP contribution in [-0.4, -0.2) is 19.4 Å². The van der Waals surface area contributed by atoms with Crippen LogP contribution >= 0.6 is 0 Å². The maximum Gasteiger partial charge on any atom is 0.319 e. The van der Waals surface area contributed by atoms with Gasteiger partial charge in [-0.1, -0.05) is 18.2 Å². The molecule has 0 saturated carbocycles. The Morgan fingerprint density at radius 3 is 2.30 bits per heavy atom. The summed E-state index contributed by atoms with van der Waals surface area (Å²) in [7, 11) is -3.60. The van der Waals surface area contributed by atoms with Crippen molar-refractivity contribution in [3.05, 3.63) is 84.2 Å². The molecule has 0 bridgehead atoms. The van der Waals surface area contributed by atoms with Gasteiger partial charge in [-0.25, -0.2) is 13.2 Å². The Kier molecular flexibility index (Phi) is 5.52. The number of carbonyl (C=O) groups is 1. The van der Waals surface area contributed by atoms with Crippen LogP contribution in [0.15, 0.2) is 82.8 Å². The van der Waals surface area contributed by atoms with Crippen molar-refractivity contribution in [1.82, 2.24) is 10.3 Å². The molecule has 2 aromatic carbocycles. The molecule has 1 heterocycles. The SMILES string of the molecule is Cc1ccccc1S(=O)(=O)c1ccc(NC(=O)NCc2ccncc2)cc1. The molecule has 0 aliphatic heterocycles. The first-order valence-corrected chi connectivity index (χ1v) is 9.80. The first-order chi connectivity index (χ1) is 13.0. The normalized spacial score (nSPS) is 11.0. The van der Waals surface area contributed by atoms with Gasteiger partial charge in [-0.15, -0.1) is 0 Å². The van der Waals surface area contributed by atoms with Gasteiger partial charge in [0.1, 0.15) is 0 Å². The lowest BCUT2D eigenvalue weighted by atomic mass is 10.2. The molecule has 0 spiro atoms. The standard InChI is InChI=1S/C20H19N3O3S/c1-15-4-2-3-5-19(15)27(25,26)18-8-6-17(7-9-18)23-20(24)22-14-16-10-12-21-13-11-16/h2-13H,14H2,1H3,(H2,22,23,24). The van der Waals surface area contributed by atoms with Gasteiger partial charge in [0.15, 0.2) is 0 Å². The zero-order valence-electron chi connectivity index (χ0n) is 14.7. The molecule has 3 aromatic rings. The van der Waals surface area contributed by atoms with Crippen LogP contribution in [0.4, 0.5) is 10.5 Å². The number of aromatic nitrogens is 1. The van der Waals surface area contributed by atoms with Crippen LogP contribution < -0.4 is 10.6 Å². The van der Waals surface area contributed by atoms with E-state index in [1.807, 2.05) is 12.1 Å². The zero-order valence-corrected chi connectivity index (χ0v) is 15.5. The number of hydrogen-bond donors (Lipinski definition) is 2. The molecule has 2 amide bonds. The van der Waals surface area contributed by atoms with Crippen molar-refractivity contribution in [2.24, 2.45) is 0 Å². The number of anilines is 1. The number of nitrogens with zero attached hydrogens (tertiary/aromatic N) is 1. The van der Waals surface area contributed by atoms with E-state index in [0.29, 0.717) is 17.8 Å². The lowest BCUT2D eigenvalue weighted by Gasteiger charge is -2.10. The monoisotopic (exact) mass is 381 g/mol.